The molecule has 3 saturated carbocycles. The quantitative estimate of drug-likeness (QED) is 0.502. The molecular weight excluding hydrogens is 388 g/mol. The van der Waals surface area contributed by atoms with Crippen molar-refractivity contribution in [3.05, 3.63) is 11.6 Å². The Hall–Kier alpha value is -1.49. The second-order valence-electron chi connectivity index (χ2n) is 11.6. The molecule has 5 heteroatoms. The Bertz CT molecular complexity index is 815. The van der Waals surface area contributed by atoms with Crippen LogP contribution in [0.2, 0.25) is 0 Å². The van der Waals surface area contributed by atoms with Crippen LogP contribution in [0.25, 0.3) is 0 Å². The predicted octanol–water partition coefficient (Wildman–Crippen LogP) is 5.04. The Kier molecular flexibility index (Phi) is 5.95. The lowest BCUT2D eigenvalue weighted by Crippen LogP contribution is -2.51. The third-order valence-corrected chi connectivity index (χ3v) is 9.71. The molecule has 0 bridgehead atoms. The van der Waals surface area contributed by atoms with Crippen LogP contribution < -0.4 is 5.73 Å². The van der Waals surface area contributed by atoms with E-state index < -0.39 is 12.0 Å². The molecule has 0 aromatic carbocycles. The van der Waals surface area contributed by atoms with Crippen LogP contribution >= 0.6 is 0 Å². The van der Waals surface area contributed by atoms with Crippen LogP contribution in [0.1, 0.15) is 86.0 Å². The van der Waals surface area contributed by atoms with Gasteiger partial charge in [-0.05, 0) is 98.9 Å². The van der Waals surface area contributed by atoms with Gasteiger partial charge in [-0.25, -0.2) is 4.79 Å². The summed E-state index contributed by atoms with van der Waals surface area (Å²) in [4.78, 5) is 29.6. The predicted molar refractivity (Wildman–Crippen MR) is 122 cm³/mol. The highest BCUT2D eigenvalue weighted by Gasteiger charge is 2.59. The maximum absolute atomic E-state index is 12.3. The Morgan fingerprint density at radius 1 is 1.10 bits per heavy atom. The van der Waals surface area contributed by atoms with Crippen molar-refractivity contribution >= 4 is 17.5 Å². The molecule has 0 heterocycles. The minimum Gasteiger partial charge on any atom is -0.318 e. The molecule has 0 aromatic rings. The zero-order valence-electron chi connectivity index (χ0n) is 19.9. The van der Waals surface area contributed by atoms with Crippen LogP contribution in [0.15, 0.2) is 16.8 Å². The first-order chi connectivity index (χ1) is 14.6. The number of Topliss-reactive ketones (excluding diaryl/α,β-unsaturated/α-hetero) is 1. The summed E-state index contributed by atoms with van der Waals surface area (Å²) in [5.74, 6) is 2.35. The van der Waals surface area contributed by atoms with Crippen LogP contribution in [0, 0.1) is 40.4 Å². The average molecular weight is 429 g/mol. The van der Waals surface area contributed by atoms with E-state index in [1.54, 1.807) is 6.92 Å². The highest BCUT2D eigenvalue weighted by Crippen LogP contribution is 2.66. The van der Waals surface area contributed by atoms with E-state index >= 15 is 0 Å². The van der Waals surface area contributed by atoms with E-state index in [2.05, 4.69) is 25.1 Å². The lowest BCUT2D eigenvalue weighted by molar-refractivity contribution is -0.146. The molecule has 3 fully saturated rings. The molecule has 1 unspecified atom stereocenters. The fourth-order valence-corrected chi connectivity index (χ4v) is 7.75. The van der Waals surface area contributed by atoms with Gasteiger partial charge in [-0.2, -0.15) is 0 Å². The van der Waals surface area contributed by atoms with Crippen LogP contribution in [0.3, 0.4) is 0 Å². The molecule has 0 aromatic heterocycles. The van der Waals surface area contributed by atoms with Crippen molar-refractivity contribution in [3.8, 4) is 0 Å². The molecule has 31 heavy (non-hydrogen) atoms. The summed E-state index contributed by atoms with van der Waals surface area (Å²) in [6.45, 7) is 10.5. The van der Waals surface area contributed by atoms with Crippen molar-refractivity contribution in [1.29, 1.82) is 0 Å². The van der Waals surface area contributed by atoms with Gasteiger partial charge < -0.3 is 10.6 Å². The largest absolute Gasteiger partial charge is 0.351 e. The van der Waals surface area contributed by atoms with Crippen LogP contribution in [0.4, 0.5) is 0 Å². The van der Waals surface area contributed by atoms with Gasteiger partial charge in [-0.15, -0.1) is 0 Å². The number of oxime groups is 1. The number of nitrogens with two attached hydrogens (primary N) is 1. The lowest BCUT2D eigenvalue weighted by atomic mass is 9.46. The highest BCUT2D eigenvalue weighted by molar-refractivity contribution is 5.96. The number of carbonyl (C=O) groups excluding carboxylic acids is 2. The Morgan fingerprint density at radius 3 is 2.52 bits per heavy atom. The van der Waals surface area contributed by atoms with Gasteiger partial charge in [-0.1, -0.05) is 38.4 Å². The van der Waals surface area contributed by atoms with Crippen molar-refractivity contribution in [1.82, 2.24) is 0 Å². The zero-order valence-corrected chi connectivity index (χ0v) is 19.9. The Labute approximate surface area is 187 Å². The van der Waals surface area contributed by atoms with Gasteiger partial charge in [0.25, 0.3) is 0 Å². The third kappa shape index (κ3) is 3.71. The van der Waals surface area contributed by atoms with Gasteiger partial charge in [0.05, 0.1) is 5.71 Å². The number of rotatable bonds is 4. The monoisotopic (exact) mass is 428 g/mol. The number of hydrogen-bond acceptors (Lipinski definition) is 5. The number of nitrogens with zero attached hydrogens (tertiary/aromatic N) is 1. The molecule has 0 aliphatic heterocycles. The Balaban J connectivity index is 1.51. The number of fused-ring (bicyclic) bond motifs is 5. The summed E-state index contributed by atoms with van der Waals surface area (Å²) < 4.78 is 0. The fraction of sp³-hybridized carbons (Fsp3) is 0.808. The number of allylic oxidation sites excluding steroid dienone is 2. The van der Waals surface area contributed by atoms with E-state index in [1.807, 2.05) is 13.8 Å². The summed E-state index contributed by atoms with van der Waals surface area (Å²) in [6, 6.07) is -0.636. The van der Waals surface area contributed by atoms with Crippen LogP contribution in [0.5, 0.6) is 0 Å². The number of ketones is 1. The van der Waals surface area contributed by atoms with E-state index in [-0.39, 0.29) is 22.7 Å². The van der Waals surface area contributed by atoms with Gasteiger partial charge in [-0.3, -0.25) is 4.79 Å². The SMILES string of the molecule is CC(=O)[C@H]1CC[C@H]2[C@@H]3CCC4=C/C(=N/OC(=O)[C@@H](N)C(C)C)CC[C@]4(C)C3CC[C@]12C. The molecule has 4 aliphatic rings. The fourth-order valence-electron chi connectivity index (χ4n) is 7.75. The van der Waals surface area contributed by atoms with Crippen LogP contribution in [-0.4, -0.2) is 23.5 Å². The summed E-state index contributed by atoms with van der Waals surface area (Å²) in [5.41, 5.74) is 8.63. The summed E-state index contributed by atoms with van der Waals surface area (Å²) in [5, 5.41) is 4.18. The summed E-state index contributed by atoms with van der Waals surface area (Å²) >= 11 is 0. The molecule has 7 atom stereocenters. The van der Waals surface area contributed by atoms with Gasteiger partial charge in [0.2, 0.25) is 0 Å². The summed E-state index contributed by atoms with van der Waals surface area (Å²) in [6.07, 6.45) is 11.1. The molecule has 5 nitrogen and oxygen atoms in total. The average Bonchev–Trinajstić information content (AvgIpc) is 3.08. The number of hydrogen-bond donors (Lipinski definition) is 1. The highest BCUT2D eigenvalue weighted by atomic mass is 16.7. The van der Waals surface area contributed by atoms with Crippen molar-refractivity contribution in [2.75, 3.05) is 0 Å². The maximum atomic E-state index is 12.3. The van der Waals surface area contributed by atoms with Crippen molar-refractivity contribution in [2.24, 2.45) is 51.3 Å². The van der Waals surface area contributed by atoms with E-state index in [1.165, 1.54) is 31.3 Å². The van der Waals surface area contributed by atoms with Crippen molar-refractivity contribution < 1.29 is 14.4 Å². The van der Waals surface area contributed by atoms with E-state index in [4.69, 9.17) is 10.6 Å². The molecule has 0 radical (unpaired) electrons. The molecular formula is C26H40N2O3. The second kappa shape index (κ2) is 8.13. The molecule has 4 rings (SSSR count). The zero-order chi connectivity index (χ0) is 22.6. The molecule has 0 spiro atoms. The van der Waals surface area contributed by atoms with Crippen molar-refractivity contribution in [3.63, 3.8) is 0 Å². The molecule has 0 saturated heterocycles. The third-order valence-electron chi connectivity index (χ3n) is 9.71. The van der Waals surface area contributed by atoms with E-state index in [9.17, 15) is 9.59 Å². The topological polar surface area (TPSA) is 81.8 Å². The standard InChI is InChI=1S/C26H40N2O3/c1-15(2)23(27)24(30)31-28-18-10-12-25(4)17(14-18)6-7-19-21-9-8-20(16(3)29)26(21,5)13-11-22(19)25/h14-15,19-23H,6-13,27H2,1-5H3/b28-18+/t19-,20+,21-,22?,23-,25-,26+/m0/s1. The smallest absolute Gasteiger partial charge is 0.318 e. The first-order valence-corrected chi connectivity index (χ1v) is 12.3. The first-order valence-electron chi connectivity index (χ1n) is 12.3. The van der Waals surface area contributed by atoms with E-state index in [0.29, 0.717) is 17.6 Å². The van der Waals surface area contributed by atoms with Gasteiger partial charge >= 0.3 is 5.97 Å². The lowest BCUT2D eigenvalue weighted by Gasteiger charge is -2.58. The molecule has 0 amide bonds. The first kappa shape index (κ1) is 22.7. The minimum absolute atomic E-state index is 0.0335. The molecule has 4 aliphatic carbocycles. The number of carbonyl (C=O) groups is 2. The normalized spacial score (nSPS) is 41.8. The molecule has 172 valence electrons. The van der Waals surface area contributed by atoms with Gasteiger partial charge in [0.15, 0.2) is 0 Å². The maximum Gasteiger partial charge on any atom is 0.351 e. The Morgan fingerprint density at radius 2 is 1.84 bits per heavy atom. The second-order valence-corrected chi connectivity index (χ2v) is 11.6. The minimum atomic E-state index is -0.636. The van der Waals surface area contributed by atoms with Crippen LogP contribution in [-0.2, 0) is 14.4 Å². The van der Waals surface area contributed by atoms with Gasteiger partial charge in [0, 0.05) is 5.92 Å². The van der Waals surface area contributed by atoms with Crippen molar-refractivity contribution in [2.45, 2.75) is 92.0 Å². The molecule has 2 N–H and O–H groups in total. The van der Waals surface area contributed by atoms with Gasteiger partial charge in [0.1, 0.15) is 11.8 Å². The van der Waals surface area contributed by atoms with E-state index in [0.717, 1.165) is 37.3 Å². The summed E-state index contributed by atoms with van der Waals surface area (Å²) in [7, 11) is 0.